The minimum Gasteiger partial charge on any atom is -0.382 e. The highest BCUT2D eigenvalue weighted by Crippen LogP contribution is 2.50. The predicted octanol–water partition coefficient (Wildman–Crippen LogP) is 3.27. The average molecular weight is 304 g/mol. The van der Waals surface area contributed by atoms with Crippen LogP contribution in [0.3, 0.4) is 0 Å². The van der Waals surface area contributed by atoms with Crippen molar-refractivity contribution < 1.29 is 4.74 Å². The topological polar surface area (TPSA) is 47.0 Å². The summed E-state index contributed by atoms with van der Waals surface area (Å²) in [6, 6.07) is 7.52. The van der Waals surface area contributed by atoms with E-state index in [1.54, 1.807) is 4.57 Å². The Kier molecular flexibility index (Phi) is 3.95. The number of para-hydroxylation sites is 1. The molecule has 112 valence electrons. The van der Waals surface area contributed by atoms with Crippen LogP contribution < -0.4 is 5.56 Å². The van der Waals surface area contributed by atoms with Gasteiger partial charge in [0, 0.05) is 19.8 Å². The van der Waals surface area contributed by atoms with E-state index in [2.05, 4.69) is 4.98 Å². The van der Waals surface area contributed by atoms with Gasteiger partial charge >= 0.3 is 0 Å². The Morgan fingerprint density at radius 2 is 2.14 bits per heavy atom. The highest BCUT2D eigenvalue weighted by molar-refractivity contribution is 7.71. The smallest absolute Gasteiger partial charge is 0.262 e. The highest BCUT2D eigenvalue weighted by Gasteiger charge is 2.42. The van der Waals surface area contributed by atoms with Gasteiger partial charge in [-0.15, -0.1) is 0 Å². The van der Waals surface area contributed by atoms with Crippen LogP contribution in [0.4, 0.5) is 0 Å². The summed E-state index contributed by atoms with van der Waals surface area (Å²) in [4.78, 5) is 15.8. The second-order valence-corrected chi connectivity index (χ2v) is 6.20. The minimum absolute atomic E-state index is 0.0111. The van der Waals surface area contributed by atoms with Crippen LogP contribution in [0, 0.1) is 10.2 Å². The monoisotopic (exact) mass is 304 g/mol. The molecule has 1 N–H and O–H groups in total. The third-order valence-electron chi connectivity index (χ3n) is 4.32. The van der Waals surface area contributed by atoms with E-state index in [9.17, 15) is 4.79 Å². The van der Waals surface area contributed by atoms with E-state index in [0.717, 1.165) is 38.0 Å². The second kappa shape index (κ2) is 5.73. The van der Waals surface area contributed by atoms with E-state index in [4.69, 9.17) is 17.0 Å². The molecule has 1 heterocycles. The van der Waals surface area contributed by atoms with Gasteiger partial charge in [0.2, 0.25) is 0 Å². The summed E-state index contributed by atoms with van der Waals surface area (Å²) in [5.41, 5.74) is 1.02. The number of benzene rings is 1. The lowest BCUT2D eigenvalue weighted by atomic mass is 10.0. The molecule has 5 heteroatoms. The lowest BCUT2D eigenvalue weighted by Crippen LogP contribution is -2.27. The third-order valence-corrected chi connectivity index (χ3v) is 4.64. The van der Waals surface area contributed by atoms with Crippen LogP contribution in [0.5, 0.6) is 0 Å². The Hall–Kier alpha value is -1.46. The van der Waals surface area contributed by atoms with Gasteiger partial charge in [0.25, 0.3) is 5.56 Å². The van der Waals surface area contributed by atoms with Gasteiger partial charge in [-0.05, 0) is 56.0 Å². The van der Waals surface area contributed by atoms with Gasteiger partial charge in [-0.25, -0.2) is 0 Å². The Morgan fingerprint density at radius 1 is 1.38 bits per heavy atom. The van der Waals surface area contributed by atoms with Gasteiger partial charge in [-0.3, -0.25) is 9.36 Å². The van der Waals surface area contributed by atoms with Crippen LogP contribution >= 0.6 is 12.2 Å². The number of aromatic nitrogens is 2. The van der Waals surface area contributed by atoms with Crippen molar-refractivity contribution in [3.05, 3.63) is 39.4 Å². The Balaban J connectivity index is 1.91. The summed E-state index contributed by atoms with van der Waals surface area (Å²) >= 11 is 5.37. The Morgan fingerprint density at radius 3 is 2.86 bits per heavy atom. The summed E-state index contributed by atoms with van der Waals surface area (Å²) in [6.45, 7) is 4.20. The molecule has 2 aromatic rings. The molecule has 0 saturated heterocycles. The molecule has 21 heavy (non-hydrogen) atoms. The molecule has 4 nitrogen and oxygen atoms in total. The summed E-state index contributed by atoms with van der Waals surface area (Å²) in [6.07, 6.45) is 3.29. The molecule has 1 fully saturated rings. The first-order chi connectivity index (χ1) is 10.2. The quantitative estimate of drug-likeness (QED) is 0.658. The molecule has 1 aliphatic carbocycles. The molecule has 0 bridgehead atoms. The zero-order valence-corrected chi connectivity index (χ0v) is 13.0. The van der Waals surface area contributed by atoms with Crippen LogP contribution in [0.15, 0.2) is 29.1 Å². The highest BCUT2D eigenvalue weighted by atomic mass is 32.1. The number of hydrogen-bond donors (Lipinski definition) is 1. The first-order valence-corrected chi connectivity index (χ1v) is 7.86. The molecule has 0 aliphatic heterocycles. The van der Waals surface area contributed by atoms with Gasteiger partial charge in [0.1, 0.15) is 0 Å². The first-order valence-electron chi connectivity index (χ1n) is 7.45. The molecule has 3 rings (SSSR count). The summed E-state index contributed by atoms with van der Waals surface area (Å²) in [5.74, 6) is 0. The number of nitrogens with one attached hydrogen (secondary N) is 1. The van der Waals surface area contributed by atoms with Crippen molar-refractivity contribution in [3.8, 4) is 0 Å². The zero-order chi connectivity index (χ0) is 14.9. The van der Waals surface area contributed by atoms with Crippen molar-refractivity contribution in [2.24, 2.45) is 5.41 Å². The van der Waals surface area contributed by atoms with Crippen molar-refractivity contribution >= 4 is 23.1 Å². The molecule has 1 saturated carbocycles. The van der Waals surface area contributed by atoms with E-state index in [0.29, 0.717) is 16.7 Å². The van der Waals surface area contributed by atoms with E-state index in [1.807, 2.05) is 31.2 Å². The lowest BCUT2D eigenvalue weighted by Gasteiger charge is -2.17. The maximum absolute atomic E-state index is 12.6. The van der Waals surface area contributed by atoms with Crippen molar-refractivity contribution in [1.29, 1.82) is 0 Å². The molecular formula is C16H20N2O2S. The molecule has 0 radical (unpaired) electrons. The van der Waals surface area contributed by atoms with E-state index < -0.39 is 0 Å². The fraction of sp³-hybridized carbons (Fsp3) is 0.500. The Bertz CT molecular complexity index is 759. The van der Waals surface area contributed by atoms with Crippen LogP contribution in [0.1, 0.15) is 26.2 Å². The largest absolute Gasteiger partial charge is 0.382 e. The van der Waals surface area contributed by atoms with Crippen LogP contribution in [-0.4, -0.2) is 22.8 Å². The van der Waals surface area contributed by atoms with E-state index in [-0.39, 0.29) is 11.0 Å². The zero-order valence-electron chi connectivity index (χ0n) is 12.2. The molecular weight excluding hydrogens is 284 g/mol. The minimum atomic E-state index is 0.0111. The lowest BCUT2D eigenvalue weighted by molar-refractivity contribution is 0.124. The average Bonchev–Trinajstić information content (AvgIpc) is 3.24. The fourth-order valence-electron chi connectivity index (χ4n) is 2.77. The molecule has 0 spiro atoms. The molecule has 0 unspecified atom stereocenters. The number of hydrogen-bond acceptors (Lipinski definition) is 3. The fourth-order valence-corrected chi connectivity index (χ4v) is 3.03. The third kappa shape index (κ3) is 2.94. The molecule has 1 aliphatic rings. The predicted molar refractivity (Wildman–Crippen MR) is 86.2 cm³/mol. The first kappa shape index (κ1) is 14.5. The molecule has 0 atom stereocenters. The number of aromatic amines is 1. The maximum Gasteiger partial charge on any atom is 0.262 e. The van der Waals surface area contributed by atoms with Gasteiger partial charge in [0.15, 0.2) is 4.77 Å². The van der Waals surface area contributed by atoms with Gasteiger partial charge in [-0.1, -0.05) is 12.1 Å². The molecule has 0 amide bonds. The van der Waals surface area contributed by atoms with Gasteiger partial charge in [-0.2, -0.15) is 0 Å². The van der Waals surface area contributed by atoms with Gasteiger partial charge in [0.05, 0.1) is 10.9 Å². The number of ether oxygens (including phenoxy) is 1. The van der Waals surface area contributed by atoms with E-state index in [1.165, 1.54) is 0 Å². The maximum atomic E-state index is 12.6. The standard InChI is InChI=1S/C16H20N2O2S/c1-2-20-10-9-16(7-8-16)11-18-14(19)12-5-3-4-6-13(12)17-15(18)21/h3-6H,2,7-11H2,1H3,(H,17,21). The normalized spacial score (nSPS) is 16.2. The molecule has 1 aromatic carbocycles. The van der Waals surface area contributed by atoms with Crippen molar-refractivity contribution in [3.63, 3.8) is 0 Å². The summed E-state index contributed by atoms with van der Waals surface area (Å²) < 4.78 is 7.69. The SMILES string of the molecule is CCOCCC1(Cn2c(=S)[nH]c3ccccc3c2=O)CC1. The van der Waals surface area contributed by atoms with Crippen LogP contribution in [0.2, 0.25) is 0 Å². The Labute approximate surface area is 128 Å². The number of nitrogens with zero attached hydrogens (tertiary/aromatic N) is 1. The summed E-state index contributed by atoms with van der Waals surface area (Å²) in [7, 11) is 0. The van der Waals surface area contributed by atoms with Crippen LogP contribution in [-0.2, 0) is 11.3 Å². The second-order valence-electron chi connectivity index (χ2n) is 5.81. The van der Waals surface area contributed by atoms with Crippen LogP contribution in [0.25, 0.3) is 10.9 Å². The van der Waals surface area contributed by atoms with Crippen molar-refractivity contribution in [2.45, 2.75) is 32.7 Å². The summed E-state index contributed by atoms with van der Waals surface area (Å²) in [5, 5.41) is 0.701. The van der Waals surface area contributed by atoms with E-state index >= 15 is 0 Å². The number of fused-ring (bicyclic) bond motifs is 1. The molecule has 1 aromatic heterocycles. The van der Waals surface area contributed by atoms with Crippen molar-refractivity contribution in [1.82, 2.24) is 9.55 Å². The number of H-pyrrole nitrogens is 1. The van der Waals surface area contributed by atoms with Gasteiger partial charge < -0.3 is 9.72 Å². The number of rotatable bonds is 6. The van der Waals surface area contributed by atoms with Crippen molar-refractivity contribution in [2.75, 3.05) is 13.2 Å².